The van der Waals surface area contributed by atoms with Crippen molar-refractivity contribution in [3.63, 3.8) is 0 Å². The van der Waals surface area contributed by atoms with Crippen LogP contribution in [0.25, 0.3) is 0 Å². The van der Waals surface area contributed by atoms with Crippen LogP contribution in [0, 0.1) is 5.41 Å². The number of likely N-dealkylation sites (N-methyl/N-ethyl adjacent to an activating group) is 1. The number of rotatable bonds is 8. The molecule has 2 nitrogen and oxygen atoms in total. The maximum atomic E-state index is 5.40. The highest BCUT2D eigenvalue weighted by Gasteiger charge is 2.36. The highest BCUT2D eigenvalue weighted by Crippen LogP contribution is 2.42. The summed E-state index contributed by atoms with van der Waals surface area (Å²) in [6.45, 7) is 9.39. The maximum absolute atomic E-state index is 5.40. The minimum atomic E-state index is 0.519. The molecule has 0 bridgehead atoms. The molecule has 0 N–H and O–H groups in total. The van der Waals surface area contributed by atoms with E-state index in [0.29, 0.717) is 5.41 Å². The third-order valence-electron chi connectivity index (χ3n) is 3.51. The molecule has 1 saturated carbocycles. The van der Waals surface area contributed by atoms with E-state index in [4.69, 9.17) is 4.74 Å². The summed E-state index contributed by atoms with van der Waals surface area (Å²) in [7, 11) is 0. The van der Waals surface area contributed by atoms with Crippen molar-refractivity contribution in [3.8, 4) is 0 Å². The first-order chi connectivity index (χ1) is 7.26. The molecule has 1 aliphatic carbocycles. The highest BCUT2D eigenvalue weighted by molar-refractivity contribution is 7.80. The Balaban J connectivity index is 2.25. The lowest BCUT2D eigenvalue weighted by atomic mass is 9.70. The van der Waals surface area contributed by atoms with Gasteiger partial charge in [-0.2, -0.15) is 12.6 Å². The quantitative estimate of drug-likeness (QED) is 0.509. The van der Waals surface area contributed by atoms with Gasteiger partial charge in [0.15, 0.2) is 0 Å². The molecular formula is C12H25NOS. The minimum absolute atomic E-state index is 0.519. The second kappa shape index (κ2) is 6.77. The molecule has 15 heavy (non-hydrogen) atoms. The fourth-order valence-corrected chi connectivity index (χ4v) is 2.62. The zero-order valence-electron chi connectivity index (χ0n) is 10.2. The molecule has 0 aromatic rings. The summed E-state index contributed by atoms with van der Waals surface area (Å²) in [5.41, 5.74) is 0.519. The standard InChI is InChI=1S/C12H25NOS/c1-3-13(8-9-14-4-2)10-12(11-15)6-5-7-12/h15H,3-11H2,1-2H3. The highest BCUT2D eigenvalue weighted by atomic mass is 32.1. The molecule has 0 aliphatic heterocycles. The monoisotopic (exact) mass is 231 g/mol. The van der Waals surface area contributed by atoms with Crippen molar-refractivity contribution in [3.05, 3.63) is 0 Å². The second-order valence-electron chi connectivity index (χ2n) is 4.58. The molecule has 1 fully saturated rings. The zero-order valence-corrected chi connectivity index (χ0v) is 11.1. The van der Waals surface area contributed by atoms with Crippen molar-refractivity contribution in [2.75, 3.05) is 38.6 Å². The van der Waals surface area contributed by atoms with Crippen molar-refractivity contribution in [1.82, 2.24) is 4.90 Å². The lowest BCUT2D eigenvalue weighted by molar-refractivity contribution is 0.0634. The third-order valence-corrected chi connectivity index (χ3v) is 4.18. The fraction of sp³-hybridized carbons (Fsp3) is 1.00. The van der Waals surface area contributed by atoms with E-state index in [-0.39, 0.29) is 0 Å². The van der Waals surface area contributed by atoms with Gasteiger partial charge in [0, 0.05) is 19.7 Å². The zero-order chi connectivity index (χ0) is 11.1. The normalized spacial score (nSPS) is 19.2. The van der Waals surface area contributed by atoms with E-state index < -0.39 is 0 Å². The van der Waals surface area contributed by atoms with Crippen molar-refractivity contribution in [2.45, 2.75) is 33.1 Å². The summed E-state index contributed by atoms with van der Waals surface area (Å²) < 4.78 is 5.40. The molecule has 0 aromatic carbocycles. The third kappa shape index (κ3) is 3.97. The SMILES string of the molecule is CCOCCN(CC)CC1(CS)CCC1. The molecule has 0 atom stereocenters. The van der Waals surface area contributed by atoms with Crippen molar-refractivity contribution >= 4 is 12.6 Å². The molecule has 1 rings (SSSR count). The van der Waals surface area contributed by atoms with Gasteiger partial charge in [0.25, 0.3) is 0 Å². The number of nitrogens with zero attached hydrogens (tertiary/aromatic N) is 1. The van der Waals surface area contributed by atoms with E-state index in [9.17, 15) is 0 Å². The first kappa shape index (κ1) is 13.3. The molecule has 0 spiro atoms. The van der Waals surface area contributed by atoms with Crippen LogP contribution in [0.3, 0.4) is 0 Å². The predicted octanol–water partition coefficient (Wildman–Crippen LogP) is 2.44. The maximum Gasteiger partial charge on any atom is 0.0593 e. The summed E-state index contributed by atoms with van der Waals surface area (Å²) in [5, 5.41) is 0. The predicted molar refractivity (Wildman–Crippen MR) is 68.7 cm³/mol. The van der Waals surface area contributed by atoms with Crippen LogP contribution in [0.4, 0.5) is 0 Å². The van der Waals surface area contributed by atoms with Crippen LogP contribution in [0.5, 0.6) is 0 Å². The topological polar surface area (TPSA) is 12.5 Å². The summed E-state index contributed by atoms with van der Waals surface area (Å²) in [6.07, 6.45) is 4.12. The lowest BCUT2D eigenvalue weighted by Gasteiger charge is -2.44. The van der Waals surface area contributed by atoms with Crippen LogP contribution in [0.2, 0.25) is 0 Å². The van der Waals surface area contributed by atoms with Crippen LogP contribution in [0.15, 0.2) is 0 Å². The molecule has 3 heteroatoms. The molecule has 0 amide bonds. The van der Waals surface area contributed by atoms with E-state index in [0.717, 1.165) is 32.1 Å². The van der Waals surface area contributed by atoms with Gasteiger partial charge >= 0.3 is 0 Å². The molecular weight excluding hydrogens is 206 g/mol. The van der Waals surface area contributed by atoms with Crippen LogP contribution < -0.4 is 0 Å². The lowest BCUT2D eigenvalue weighted by Crippen LogP contribution is -2.44. The van der Waals surface area contributed by atoms with Crippen LogP contribution in [-0.4, -0.2) is 43.5 Å². The van der Waals surface area contributed by atoms with Crippen LogP contribution in [-0.2, 0) is 4.74 Å². The largest absolute Gasteiger partial charge is 0.380 e. The van der Waals surface area contributed by atoms with Gasteiger partial charge in [0.2, 0.25) is 0 Å². The van der Waals surface area contributed by atoms with E-state index >= 15 is 0 Å². The van der Waals surface area contributed by atoms with Crippen LogP contribution >= 0.6 is 12.6 Å². The average molecular weight is 231 g/mol. The number of hydrogen-bond donors (Lipinski definition) is 1. The van der Waals surface area contributed by atoms with Crippen molar-refractivity contribution in [2.24, 2.45) is 5.41 Å². The van der Waals surface area contributed by atoms with Gasteiger partial charge in [-0.1, -0.05) is 13.3 Å². The summed E-state index contributed by atoms with van der Waals surface area (Å²) in [5.74, 6) is 1.04. The Kier molecular flexibility index (Phi) is 6.02. The Bertz CT molecular complexity index is 165. The Morgan fingerprint density at radius 1 is 1.33 bits per heavy atom. The molecule has 0 radical (unpaired) electrons. The Labute approximate surface area is 99.8 Å². The van der Waals surface area contributed by atoms with Gasteiger partial charge in [0.1, 0.15) is 0 Å². The summed E-state index contributed by atoms with van der Waals surface area (Å²) in [4.78, 5) is 2.50. The Morgan fingerprint density at radius 2 is 2.07 bits per heavy atom. The summed E-state index contributed by atoms with van der Waals surface area (Å²) in [6, 6.07) is 0. The van der Waals surface area contributed by atoms with E-state index in [1.54, 1.807) is 0 Å². The molecule has 0 aromatic heterocycles. The van der Waals surface area contributed by atoms with E-state index in [1.807, 2.05) is 0 Å². The molecule has 90 valence electrons. The number of hydrogen-bond acceptors (Lipinski definition) is 3. The minimum Gasteiger partial charge on any atom is -0.380 e. The first-order valence-corrected chi connectivity index (χ1v) is 6.80. The van der Waals surface area contributed by atoms with E-state index in [1.165, 1.54) is 25.8 Å². The van der Waals surface area contributed by atoms with Crippen molar-refractivity contribution < 1.29 is 4.74 Å². The molecule has 0 saturated heterocycles. The molecule has 1 aliphatic rings. The summed E-state index contributed by atoms with van der Waals surface area (Å²) >= 11 is 4.50. The van der Waals surface area contributed by atoms with Gasteiger partial charge < -0.3 is 9.64 Å². The van der Waals surface area contributed by atoms with Gasteiger partial charge in [0.05, 0.1) is 6.61 Å². The first-order valence-electron chi connectivity index (χ1n) is 6.17. The Hall–Kier alpha value is 0.270. The Morgan fingerprint density at radius 3 is 2.47 bits per heavy atom. The molecule has 0 unspecified atom stereocenters. The smallest absolute Gasteiger partial charge is 0.0593 e. The van der Waals surface area contributed by atoms with Gasteiger partial charge in [-0.15, -0.1) is 0 Å². The van der Waals surface area contributed by atoms with Gasteiger partial charge in [-0.25, -0.2) is 0 Å². The van der Waals surface area contributed by atoms with Crippen molar-refractivity contribution in [1.29, 1.82) is 0 Å². The molecule has 0 heterocycles. The van der Waals surface area contributed by atoms with E-state index in [2.05, 4.69) is 31.4 Å². The fourth-order valence-electron chi connectivity index (χ4n) is 2.20. The van der Waals surface area contributed by atoms with Gasteiger partial charge in [-0.3, -0.25) is 0 Å². The number of ether oxygens (including phenoxy) is 1. The second-order valence-corrected chi connectivity index (χ2v) is 4.89. The van der Waals surface area contributed by atoms with Gasteiger partial charge in [-0.05, 0) is 37.5 Å². The number of thiol groups is 1. The average Bonchev–Trinajstić information content (AvgIpc) is 2.21. The van der Waals surface area contributed by atoms with Crippen LogP contribution in [0.1, 0.15) is 33.1 Å².